The van der Waals surface area contributed by atoms with Crippen molar-refractivity contribution < 1.29 is 28.7 Å². The largest absolute Gasteiger partial charge is 0.392 e. The highest BCUT2D eigenvalue weighted by Crippen LogP contribution is 2.36. The number of hydrogen-bond acceptors (Lipinski definition) is 6. The minimum atomic E-state index is -0.941. The third kappa shape index (κ3) is 6.56. The highest BCUT2D eigenvalue weighted by atomic mass is 19.1. The number of amides is 5. The number of anilines is 2. The fourth-order valence-electron chi connectivity index (χ4n) is 5.51. The predicted molar refractivity (Wildman–Crippen MR) is 164 cm³/mol. The quantitative estimate of drug-likeness (QED) is 0.262. The molecule has 0 bridgehead atoms. The van der Waals surface area contributed by atoms with Gasteiger partial charge in [-0.3, -0.25) is 19.7 Å². The number of piperazine rings is 1. The third-order valence-corrected chi connectivity index (χ3v) is 8.11. The smallest absolute Gasteiger partial charge is 0.326 e. The Morgan fingerprint density at radius 2 is 1.82 bits per heavy atom. The maximum absolute atomic E-state index is 14.2. The summed E-state index contributed by atoms with van der Waals surface area (Å²) in [7, 11) is 2.05. The number of benzene rings is 2. The lowest BCUT2D eigenvalue weighted by Crippen LogP contribution is -2.47. The summed E-state index contributed by atoms with van der Waals surface area (Å²) in [6, 6.07) is 7.56. The molecule has 11 nitrogen and oxygen atoms in total. The number of carbonyl (C=O) groups excluding carboxylic acids is 4. The zero-order valence-corrected chi connectivity index (χ0v) is 24.8. The summed E-state index contributed by atoms with van der Waals surface area (Å²) < 4.78 is 14.2. The van der Waals surface area contributed by atoms with Gasteiger partial charge in [0.2, 0.25) is 5.91 Å². The van der Waals surface area contributed by atoms with Gasteiger partial charge in [0.1, 0.15) is 5.82 Å². The van der Waals surface area contributed by atoms with Crippen molar-refractivity contribution >= 4 is 46.8 Å². The number of urea groups is 1. The molecule has 5 amide bonds. The number of nitrogens with one attached hydrogen (secondary N) is 4. The van der Waals surface area contributed by atoms with E-state index < -0.39 is 17.8 Å². The number of aliphatic hydroxyl groups excluding tert-OH is 1. The highest BCUT2D eigenvalue weighted by molar-refractivity contribution is 6.35. The molecule has 1 saturated heterocycles. The molecule has 2 aliphatic heterocycles. The average Bonchev–Trinajstić information content (AvgIpc) is 3.44. The van der Waals surface area contributed by atoms with E-state index in [0.717, 1.165) is 54.8 Å². The van der Waals surface area contributed by atoms with Gasteiger partial charge in [-0.25, -0.2) is 9.18 Å². The zero-order valence-electron chi connectivity index (χ0n) is 24.8. The lowest BCUT2D eigenvalue weighted by Gasteiger charge is -2.32. The Morgan fingerprint density at radius 1 is 1.07 bits per heavy atom. The van der Waals surface area contributed by atoms with Gasteiger partial charge in [0.15, 0.2) is 0 Å². The van der Waals surface area contributed by atoms with Crippen molar-refractivity contribution in [2.45, 2.75) is 33.3 Å². The van der Waals surface area contributed by atoms with Gasteiger partial charge >= 0.3 is 6.03 Å². The second-order valence-corrected chi connectivity index (χ2v) is 11.1. The Labute approximate surface area is 254 Å². The van der Waals surface area contributed by atoms with E-state index in [4.69, 9.17) is 5.11 Å². The molecule has 0 radical (unpaired) electrons. The van der Waals surface area contributed by atoms with E-state index in [0.29, 0.717) is 40.9 Å². The number of fused-ring (bicyclic) bond motifs is 1. The van der Waals surface area contributed by atoms with Crippen molar-refractivity contribution in [3.63, 3.8) is 0 Å². The molecule has 0 spiro atoms. The van der Waals surface area contributed by atoms with Crippen LogP contribution in [-0.2, 0) is 22.6 Å². The van der Waals surface area contributed by atoms with Crippen molar-refractivity contribution in [2.75, 3.05) is 43.9 Å². The Kier molecular flexibility index (Phi) is 8.93. The van der Waals surface area contributed by atoms with Gasteiger partial charge in [-0.1, -0.05) is 12.1 Å². The fraction of sp³-hybridized carbons (Fsp3) is 0.312. The fourth-order valence-corrected chi connectivity index (χ4v) is 5.51. The average molecular weight is 603 g/mol. The summed E-state index contributed by atoms with van der Waals surface area (Å²) in [6.45, 7) is 6.79. The van der Waals surface area contributed by atoms with Crippen LogP contribution in [0.25, 0.3) is 11.6 Å². The SMILES string of the molecule is Cc1[nH]c(C=C2C(=O)Nc3cc(NC(=O)NC(=O)c4ccc(CO)cc4F)ccc32)c(C)c1CCC(=O)N1CCN(C)CC1. The van der Waals surface area contributed by atoms with Crippen molar-refractivity contribution in [1.29, 1.82) is 0 Å². The number of hydrogen-bond donors (Lipinski definition) is 5. The number of likely N-dealkylation sites (N-methyl/N-ethyl adjacent to an activating group) is 1. The summed E-state index contributed by atoms with van der Waals surface area (Å²) >= 11 is 0. The first-order chi connectivity index (χ1) is 21.0. The standard InChI is InChI=1S/C32H35FN6O5/c1-18-22(8-9-29(41)39-12-10-38(3)11-13-39)19(2)34-27(18)16-25-23-7-5-21(15-28(23)36-31(25)43)35-32(44)37-30(42)24-6-4-20(17-40)14-26(24)33/h4-7,14-16,34,40H,8-13,17H2,1-3H3,(H,36,43)(H2,35,37,42,44). The van der Waals surface area contributed by atoms with Gasteiger partial charge < -0.3 is 30.5 Å². The van der Waals surface area contributed by atoms with E-state index in [1.807, 2.05) is 18.7 Å². The number of halogens is 1. The van der Waals surface area contributed by atoms with E-state index >= 15 is 0 Å². The molecule has 0 aliphatic carbocycles. The normalized spacial score (nSPS) is 15.7. The van der Waals surface area contributed by atoms with Crippen LogP contribution in [0.1, 0.15) is 50.4 Å². The zero-order chi connectivity index (χ0) is 31.5. The van der Waals surface area contributed by atoms with Gasteiger partial charge in [-0.15, -0.1) is 0 Å². The molecule has 1 aromatic heterocycles. The van der Waals surface area contributed by atoms with Gasteiger partial charge in [0.25, 0.3) is 11.8 Å². The molecule has 0 saturated carbocycles. The van der Waals surface area contributed by atoms with Gasteiger partial charge in [0.05, 0.1) is 23.4 Å². The highest BCUT2D eigenvalue weighted by Gasteiger charge is 2.26. The summed E-state index contributed by atoms with van der Waals surface area (Å²) in [5, 5.41) is 16.5. The Hall–Kier alpha value is -4.81. The van der Waals surface area contributed by atoms with Crippen LogP contribution >= 0.6 is 0 Å². The van der Waals surface area contributed by atoms with Crippen LogP contribution in [0, 0.1) is 19.7 Å². The van der Waals surface area contributed by atoms with Gasteiger partial charge in [-0.2, -0.15) is 0 Å². The molecule has 5 rings (SSSR count). The Balaban J connectivity index is 1.25. The number of H-pyrrole nitrogens is 1. The lowest BCUT2D eigenvalue weighted by molar-refractivity contribution is -0.132. The summed E-state index contributed by atoms with van der Waals surface area (Å²) in [4.78, 5) is 58.0. The van der Waals surface area contributed by atoms with E-state index in [2.05, 4.69) is 32.9 Å². The van der Waals surface area contributed by atoms with Crippen LogP contribution in [0.15, 0.2) is 36.4 Å². The number of rotatable bonds is 7. The van der Waals surface area contributed by atoms with Crippen LogP contribution in [0.3, 0.4) is 0 Å². The van der Waals surface area contributed by atoms with E-state index in [-0.39, 0.29) is 24.0 Å². The van der Waals surface area contributed by atoms with E-state index in [9.17, 15) is 23.6 Å². The molecule has 0 atom stereocenters. The number of carbonyl (C=O) groups is 4. The number of nitrogens with zero attached hydrogens (tertiary/aromatic N) is 2. The molecule has 1 fully saturated rings. The first-order valence-electron chi connectivity index (χ1n) is 14.4. The second kappa shape index (κ2) is 12.8. The number of aryl methyl sites for hydroxylation is 1. The van der Waals surface area contributed by atoms with Crippen molar-refractivity contribution in [3.8, 4) is 0 Å². The first-order valence-corrected chi connectivity index (χ1v) is 14.4. The molecule has 5 N–H and O–H groups in total. The molecule has 0 unspecified atom stereocenters. The first kappa shape index (κ1) is 30.6. The van der Waals surface area contributed by atoms with Crippen LogP contribution in [0.5, 0.6) is 0 Å². The topological polar surface area (TPSA) is 147 Å². The number of aliphatic hydroxyl groups is 1. The molecule has 3 aromatic rings. The molecule has 3 heterocycles. The second-order valence-electron chi connectivity index (χ2n) is 11.1. The molecule has 44 heavy (non-hydrogen) atoms. The molecular weight excluding hydrogens is 567 g/mol. The van der Waals surface area contributed by atoms with Crippen molar-refractivity contribution in [3.05, 3.63) is 81.4 Å². The molecule has 2 aromatic carbocycles. The maximum atomic E-state index is 14.2. The summed E-state index contributed by atoms with van der Waals surface area (Å²) in [5.41, 5.74) is 5.59. The number of aromatic amines is 1. The number of imide groups is 1. The monoisotopic (exact) mass is 602 g/mol. The van der Waals surface area contributed by atoms with E-state index in [1.54, 1.807) is 24.3 Å². The maximum Gasteiger partial charge on any atom is 0.326 e. The Bertz CT molecular complexity index is 1670. The van der Waals surface area contributed by atoms with Crippen LogP contribution in [-0.4, -0.2) is 76.9 Å². The molecule has 12 heteroatoms. The van der Waals surface area contributed by atoms with Crippen molar-refractivity contribution in [1.82, 2.24) is 20.1 Å². The summed E-state index contributed by atoms with van der Waals surface area (Å²) in [5.74, 6) is -1.96. The number of aromatic nitrogens is 1. The minimum absolute atomic E-state index is 0.147. The third-order valence-electron chi connectivity index (χ3n) is 8.11. The van der Waals surface area contributed by atoms with Crippen LogP contribution in [0.2, 0.25) is 0 Å². The van der Waals surface area contributed by atoms with Gasteiger partial charge in [0, 0.05) is 55.2 Å². The predicted octanol–water partition coefficient (Wildman–Crippen LogP) is 3.42. The van der Waals surface area contributed by atoms with Crippen LogP contribution in [0.4, 0.5) is 20.6 Å². The Morgan fingerprint density at radius 3 is 2.52 bits per heavy atom. The van der Waals surface area contributed by atoms with Gasteiger partial charge in [-0.05, 0) is 74.3 Å². The summed E-state index contributed by atoms with van der Waals surface area (Å²) in [6.07, 6.45) is 2.80. The van der Waals surface area contributed by atoms with Crippen LogP contribution < -0.4 is 16.0 Å². The van der Waals surface area contributed by atoms with Crippen molar-refractivity contribution in [2.24, 2.45) is 0 Å². The lowest BCUT2D eigenvalue weighted by atomic mass is 10.0. The van der Waals surface area contributed by atoms with E-state index in [1.165, 1.54) is 12.1 Å². The molecule has 230 valence electrons. The molecule has 2 aliphatic rings. The molecular formula is C32H35FN6O5. The minimum Gasteiger partial charge on any atom is -0.392 e.